The molecular formula is C17H17ClNOP. The highest BCUT2D eigenvalue weighted by atomic mass is 35.7. The fourth-order valence-electron chi connectivity index (χ4n) is 3.61. The predicted octanol–water partition coefficient (Wildman–Crippen LogP) is 4.89. The molecule has 21 heavy (non-hydrogen) atoms. The molecule has 2 heterocycles. The number of fused-ring (bicyclic) bond motifs is 1. The number of nitrogens with zero attached hydrogens (tertiary/aromatic N) is 1. The van der Waals surface area contributed by atoms with Crippen LogP contribution in [0.15, 0.2) is 60.7 Å². The monoisotopic (exact) mass is 317 g/mol. The summed E-state index contributed by atoms with van der Waals surface area (Å²) in [6.45, 7) is 1.04. The van der Waals surface area contributed by atoms with Crippen LogP contribution >= 0.6 is 18.9 Å². The third-order valence-corrected chi connectivity index (χ3v) is 6.63. The van der Waals surface area contributed by atoms with E-state index in [9.17, 15) is 0 Å². The lowest BCUT2D eigenvalue weighted by atomic mass is 9.79. The maximum Gasteiger partial charge on any atom is 0.208 e. The molecule has 2 aromatic carbocycles. The van der Waals surface area contributed by atoms with Crippen molar-refractivity contribution in [3.63, 3.8) is 0 Å². The second-order valence-corrected chi connectivity index (χ2v) is 7.62. The van der Waals surface area contributed by atoms with E-state index in [1.807, 2.05) is 12.1 Å². The highest BCUT2D eigenvalue weighted by molar-refractivity contribution is 7.78. The lowest BCUT2D eigenvalue weighted by molar-refractivity contribution is 0.114. The summed E-state index contributed by atoms with van der Waals surface area (Å²) in [5.41, 5.74) is 1.99. The van der Waals surface area contributed by atoms with E-state index in [1.54, 1.807) is 0 Å². The first-order valence-corrected chi connectivity index (χ1v) is 9.47. The average molecular weight is 318 g/mol. The van der Waals surface area contributed by atoms with Gasteiger partial charge in [-0.2, -0.15) is 0 Å². The van der Waals surface area contributed by atoms with Crippen molar-refractivity contribution < 1.29 is 4.52 Å². The van der Waals surface area contributed by atoms with Crippen LogP contribution in [0.3, 0.4) is 0 Å². The van der Waals surface area contributed by atoms with Gasteiger partial charge in [-0.05, 0) is 35.2 Å². The van der Waals surface area contributed by atoms with Gasteiger partial charge in [-0.15, -0.1) is 0 Å². The van der Waals surface area contributed by atoms with Crippen molar-refractivity contribution >= 4 is 18.9 Å². The van der Waals surface area contributed by atoms with Crippen molar-refractivity contribution in [3.05, 3.63) is 71.8 Å². The van der Waals surface area contributed by atoms with Gasteiger partial charge >= 0.3 is 0 Å². The molecule has 0 saturated carbocycles. The molecule has 0 amide bonds. The summed E-state index contributed by atoms with van der Waals surface area (Å²) in [5, 5.41) is 0. The molecule has 4 rings (SSSR count). The fraction of sp³-hybridized carbons (Fsp3) is 0.294. The Morgan fingerprint density at radius 2 is 1.57 bits per heavy atom. The van der Waals surface area contributed by atoms with E-state index < -0.39 is 13.3 Å². The maximum absolute atomic E-state index is 6.57. The normalized spacial score (nSPS) is 27.7. The SMILES string of the molecule is ClP1OC(c2ccccc2)(c2ccccc2)C2CCCN21. The van der Waals surface area contributed by atoms with Crippen LogP contribution in [0.1, 0.15) is 24.0 Å². The van der Waals surface area contributed by atoms with Crippen LogP contribution in [0, 0.1) is 0 Å². The van der Waals surface area contributed by atoms with Crippen molar-refractivity contribution in [1.29, 1.82) is 0 Å². The minimum atomic E-state index is -1.03. The van der Waals surface area contributed by atoms with Crippen molar-refractivity contribution in [2.75, 3.05) is 6.54 Å². The Bertz CT molecular complexity index is 582. The average Bonchev–Trinajstić information content (AvgIpc) is 3.13. The van der Waals surface area contributed by atoms with Crippen LogP contribution < -0.4 is 0 Å². The van der Waals surface area contributed by atoms with Gasteiger partial charge in [0, 0.05) is 6.54 Å². The van der Waals surface area contributed by atoms with Gasteiger partial charge in [-0.25, -0.2) is 4.67 Å². The first kappa shape index (κ1) is 13.7. The van der Waals surface area contributed by atoms with Crippen molar-refractivity contribution in [2.24, 2.45) is 0 Å². The molecule has 108 valence electrons. The maximum atomic E-state index is 6.57. The molecular weight excluding hydrogens is 301 g/mol. The highest BCUT2D eigenvalue weighted by Crippen LogP contribution is 2.66. The minimum Gasteiger partial charge on any atom is -0.313 e. The van der Waals surface area contributed by atoms with Gasteiger partial charge in [0.25, 0.3) is 0 Å². The summed E-state index contributed by atoms with van der Waals surface area (Å²) in [7, 11) is -1.03. The van der Waals surface area contributed by atoms with E-state index in [4.69, 9.17) is 15.8 Å². The Labute approximate surface area is 131 Å². The molecule has 2 unspecified atom stereocenters. The van der Waals surface area contributed by atoms with Gasteiger partial charge < -0.3 is 4.52 Å². The second-order valence-electron chi connectivity index (χ2n) is 5.61. The standard InChI is InChI=1S/C17H17ClNOP/c18-21-19-13-7-12-16(19)17(20-21,14-8-3-1-4-9-14)15-10-5-2-6-11-15/h1-6,8-11,16H,7,12-13H2. The first-order valence-electron chi connectivity index (χ1n) is 7.35. The topological polar surface area (TPSA) is 12.5 Å². The van der Waals surface area contributed by atoms with E-state index >= 15 is 0 Å². The van der Waals surface area contributed by atoms with Gasteiger partial charge in [0.1, 0.15) is 5.60 Å². The lowest BCUT2D eigenvalue weighted by Gasteiger charge is -2.34. The van der Waals surface area contributed by atoms with Crippen molar-refractivity contribution in [3.8, 4) is 0 Å². The predicted molar refractivity (Wildman–Crippen MR) is 87.3 cm³/mol. The number of rotatable bonds is 2. The minimum absolute atomic E-state index is 0.339. The number of hydrogen-bond donors (Lipinski definition) is 0. The van der Waals surface area contributed by atoms with E-state index in [2.05, 4.69) is 53.2 Å². The Morgan fingerprint density at radius 1 is 1.00 bits per heavy atom. The van der Waals surface area contributed by atoms with Crippen LogP contribution in [0.2, 0.25) is 0 Å². The quantitative estimate of drug-likeness (QED) is 0.731. The molecule has 0 spiro atoms. The van der Waals surface area contributed by atoms with Crippen LogP contribution in [-0.4, -0.2) is 17.3 Å². The van der Waals surface area contributed by atoms with Crippen molar-refractivity contribution in [1.82, 2.24) is 4.67 Å². The zero-order valence-corrected chi connectivity index (χ0v) is 13.3. The van der Waals surface area contributed by atoms with E-state index in [1.165, 1.54) is 17.5 Å². The van der Waals surface area contributed by atoms with E-state index in [-0.39, 0.29) is 0 Å². The van der Waals surface area contributed by atoms with Gasteiger partial charge in [0.2, 0.25) is 7.65 Å². The summed E-state index contributed by atoms with van der Waals surface area (Å²) in [6, 6.07) is 21.4. The largest absolute Gasteiger partial charge is 0.313 e. The highest BCUT2D eigenvalue weighted by Gasteiger charge is 2.57. The van der Waals surface area contributed by atoms with E-state index in [0.29, 0.717) is 6.04 Å². The molecule has 0 N–H and O–H groups in total. The molecule has 2 aliphatic heterocycles. The summed E-state index contributed by atoms with van der Waals surface area (Å²) in [5.74, 6) is 0. The van der Waals surface area contributed by atoms with Crippen LogP contribution in [-0.2, 0) is 10.1 Å². The second kappa shape index (κ2) is 5.37. The smallest absolute Gasteiger partial charge is 0.208 e. The van der Waals surface area contributed by atoms with Gasteiger partial charge in [0.05, 0.1) is 6.04 Å². The third kappa shape index (κ3) is 2.05. The van der Waals surface area contributed by atoms with Gasteiger partial charge in [0.15, 0.2) is 0 Å². The van der Waals surface area contributed by atoms with Gasteiger partial charge in [-0.1, -0.05) is 60.7 Å². The number of halogens is 1. The molecule has 4 heteroatoms. The van der Waals surface area contributed by atoms with Crippen molar-refractivity contribution in [2.45, 2.75) is 24.5 Å². The molecule has 2 aromatic rings. The molecule has 2 nitrogen and oxygen atoms in total. The Balaban J connectivity index is 1.92. The number of benzene rings is 2. The Morgan fingerprint density at radius 3 is 2.14 bits per heavy atom. The molecule has 0 aliphatic carbocycles. The number of hydrogen-bond acceptors (Lipinski definition) is 2. The molecule has 2 aliphatic rings. The zero-order chi connectivity index (χ0) is 14.3. The summed E-state index contributed by atoms with van der Waals surface area (Å²) < 4.78 is 8.80. The lowest BCUT2D eigenvalue weighted by Crippen LogP contribution is -2.40. The van der Waals surface area contributed by atoms with Gasteiger partial charge in [-0.3, -0.25) is 0 Å². The van der Waals surface area contributed by atoms with Crippen LogP contribution in [0.4, 0.5) is 0 Å². The molecule has 2 fully saturated rings. The summed E-state index contributed by atoms with van der Waals surface area (Å²) in [6.07, 6.45) is 2.33. The molecule has 2 atom stereocenters. The molecule has 0 aromatic heterocycles. The van der Waals surface area contributed by atoms with Crippen LogP contribution in [0.25, 0.3) is 0 Å². The molecule has 0 bridgehead atoms. The summed E-state index contributed by atoms with van der Waals surface area (Å²) in [4.78, 5) is 0. The Kier molecular flexibility index (Phi) is 3.51. The van der Waals surface area contributed by atoms with E-state index in [0.717, 1.165) is 13.0 Å². The molecule has 2 saturated heterocycles. The zero-order valence-electron chi connectivity index (χ0n) is 11.7. The van der Waals surface area contributed by atoms with Crippen LogP contribution in [0.5, 0.6) is 0 Å². The molecule has 0 radical (unpaired) electrons. The fourth-order valence-corrected chi connectivity index (χ4v) is 5.95. The third-order valence-electron chi connectivity index (χ3n) is 4.52. The first-order chi connectivity index (χ1) is 10.3. The Hall–Kier alpha value is -0.920. The summed E-state index contributed by atoms with van der Waals surface area (Å²) >= 11 is 6.57.